The second kappa shape index (κ2) is 17.5. The van der Waals surface area contributed by atoms with Gasteiger partial charge in [0.05, 0.1) is 6.10 Å². The summed E-state index contributed by atoms with van der Waals surface area (Å²) in [7, 11) is 0. The Morgan fingerprint density at radius 2 is 1.44 bits per heavy atom. The van der Waals surface area contributed by atoms with Crippen molar-refractivity contribution in [3.05, 3.63) is 108 Å². The molecule has 0 spiro atoms. The van der Waals surface area contributed by atoms with Crippen LogP contribution < -0.4 is 10.6 Å². The lowest BCUT2D eigenvalue weighted by Gasteiger charge is -2.35. The lowest BCUT2D eigenvalue weighted by molar-refractivity contribution is -0.160. The molecule has 0 saturated carbocycles. The summed E-state index contributed by atoms with van der Waals surface area (Å²) in [6.07, 6.45) is -1.58. The van der Waals surface area contributed by atoms with E-state index in [1.165, 1.54) is 11.8 Å². The van der Waals surface area contributed by atoms with Crippen LogP contribution in [0.2, 0.25) is 0 Å². The molecule has 10 nitrogen and oxygen atoms in total. The predicted octanol–water partition coefficient (Wildman–Crippen LogP) is 5.42. The predicted molar refractivity (Wildman–Crippen MR) is 183 cm³/mol. The molecular formula is C37H43N3O7S. The van der Waals surface area contributed by atoms with Crippen LogP contribution in [0, 0.1) is 11.8 Å². The van der Waals surface area contributed by atoms with E-state index in [4.69, 9.17) is 9.47 Å². The molecule has 0 aliphatic carbocycles. The molecule has 1 fully saturated rings. The van der Waals surface area contributed by atoms with Crippen molar-refractivity contribution in [1.29, 1.82) is 0 Å². The fourth-order valence-corrected chi connectivity index (χ4v) is 6.70. The summed E-state index contributed by atoms with van der Waals surface area (Å²) in [6.45, 7) is 7.07. The zero-order valence-electron chi connectivity index (χ0n) is 27.7. The number of alkyl carbamates (subject to hydrolysis) is 1. The topological polar surface area (TPSA) is 131 Å². The molecule has 0 radical (unpaired) electrons. The summed E-state index contributed by atoms with van der Waals surface area (Å²) in [4.78, 5) is 69.0. The summed E-state index contributed by atoms with van der Waals surface area (Å²) in [5.74, 6) is -4.51. The lowest BCUT2D eigenvalue weighted by atomic mass is 9.94. The Hall–Kier alpha value is -4.64. The van der Waals surface area contributed by atoms with Crippen molar-refractivity contribution < 1.29 is 33.4 Å². The van der Waals surface area contributed by atoms with Gasteiger partial charge in [-0.2, -0.15) is 0 Å². The van der Waals surface area contributed by atoms with Gasteiger partial charge in [0.1, 0.15) is 30.1 Å². The number of carbonyl (C=O) groups is 5. The number of thioether (sulfide) groups is 1. The number of rotatable bonds is 14. The molecule has 5 atom stereocenters. The van der Waals surface area contributed by atoms with E-state index in [9.17, 15) is 24.0 Å². The largest absolute Gasteiger partial charge is 0.457 e. The van der Waals surface area contributed by atoms with Gasteiger partial charge in [0, 0.05) is 5.75 Å². The van der Waals surface area contributed by atoms with E-state index in [0.29, 0.717) is 17.7 Å². The van der Waals surface area contributed by atoms with Crippen LogP contribution in [0.25, 0.3) is 0 Å². The van der Waals surface area contributed by atoms with E-state index in [0.717, 1.165) is 11.1 Å². The van der Waals surface area contributed by atoms with Crippen LogP contribution in [0.4, 0.5) is 4.79 Å². The number of hydrogen-bond donors (Lipinski definition) is 2. The minimum absolute atomic E-state index is 0.0288. The average molecular weight is 674 g/mol. The number of ether oxygens (including phenoxy) is 2. The molecule has 48 heavy (non-hydrogen) atoms. The summed E-state index contributed by atoms with van der Waals surface area (Å²) < 4.78 is 10.6. The average Bonchev–Trinajstić information content (AvgIpc) is 3.51. The quantitative estimate of drug-likeness (QED) is 0.132. The van der Waals surface area contributed by atoms with Crippen LogP contribution in [0.1, 0.15) is 56.2 Å². The number of benzene rings is 3. The Kier molecular flexibility index (Phi) is 13.2. The number of ketones is 1. The Balaban J connectivity index is 1.61. The normalized spacial score (nSPS) is 17.6. The molecule has 3 aromatic carbocycles. The Morgan fingerprint density at radius 3 is 2.02 bits per heavy atom. The zero-order valence-corrected chi connectivity index (χ0v) is 28.5. The molecule has 0 aromatic heterocycles. The van der Waals surface area contributed by atoms with Crippen LogP contribution in [-0.2, 0) is 41.7 Å². The second-order valence-electron chi connectivity index (χ2n) is 12.0. The standard InChI is InChI=1S/C37H43N3O7S/c1-5-25(4)31(39-37(45)46-22-27-17-11-7-12-18-27)34(43)40-30(23-48-35(40)28-19-13-8-14-20-28)38-33(42)29(21-26-15-9-6-10-16-26)32(41)36(44)47-24(2)3/h6-20,24-25,29-31,35H,5,21-23H2,1-4H3,(H,38,42)(H,39,45)/t25-,29-,30+,31-,35+/m0/s1. The van der Waals surface area contributed by atoms with Crippen molar-refractivity contribution in [1.82, 2.24) is 15.5 Å². The summed E-state index contributed by atoms with van der Waals surface area (Å²) in [6, 6.07) is 26.6. The van der Waals surface area contributed by atoms with Crippen LogP contribution in [0.15, 0.2) is 91.0 Å². The minimum Gasteiger partial charge on any atom is -0.457 e. The van der Waals surface area contributed by atoms with E-state index >= 15 is 0 Å². The highest BCUT2D eigenvalue weighted by Gasteiger charge is 2.45. The molecule has 3 amide bonds. The minimum atomic E-state index is -1.38. The highest BCUT2D eigenvalue weighted by molar-refractivity contribution is 7.99. The van der Waals surface area contributed by atoms with Crippen LogP contribution >= 0.6 is 11.8 Å². The highest BCUT2D eigenvalue weighted by Crippen LogP contribution is 2.41. The van der Waals surface area contributed by atoms with Crippen molar-refractivity contribution in [3.63, 3.8) is 0 Å². The van der Waals surface area contributed by atoms with Gasteiger partial charge in [-0.3, -0.25) is 14.4 Å². The maximum absolute atomic E-state index is 14.5. The number of hydrogen-bond acceptors (Lipinski definition) is 8. The molecule has 1 heterocycles. The number of amides is 3. The van der Waals surface area contributed by atoms with Gasteiger partial charge in [-0.25, -0.2) is 9.59 Å². The van der Waals surface area contributed by atoms with E-state index in [2.05, 4.69) is 10.6 Å². The first kappa shape index (κ1) is 36.2. The summed E-state index contributed by atoms with van der Waals surface area (Å²) in [5, 5.41) is 5.19. The first-order valence-corrected chi connectivity index (χ1v) is 17.2. The van der Waals surface area contributed by atoms with Gasteiger partial charge in [-0.15, -0.1) is 11.8 Å². The van der Waals surface area contributed by atoms with Crippen molar-refractivity contribution in [2.75, 3.05) is 5.75 Å². The second-order valence-corrected chi connectivity index (χ2v) is 13.1. The first-order valence-electron chi connectivity index (χ1n) is 16.1. The number of Topliss-reactive ketones (excluding diaryl/α,β-unsaturated/α-hetero) is 1. The molecule has 1 saturated heterocycles. The maximum Gasteiger partial charge on any atom is 0.408 e. The van der Waals surface area contributed by atoms with E-state index in [1.54, 1.807) is 43.0 Å². The maximum atomic E-state index is 14.5. The first-order chi connectivity index (χ1) is 23.1. The third kappa shape index (κ3) is 9.70. The molecule has 11 heteroatoms. The van der Waals surface area contributed by atoms with E-state index < -0.39 is 59.3 Å². The van der Waals surface area contributed by atoms with Gasteiger partial charge in [0.2, 0.25) is 11.8 Å². The molecule has 3 aromatic rings. The molecule has 254 valence electrons. The van der Waals surface area contributed by atoms with E-state index in [1.807, 2.05) is 80.6 Å². The van der Waals surface area contributed by atoms with Crippen molar-refractivity contribution in [3.8, 4) is 0 Å². The van der Waals surface area contributed by atoms with E-state index in [-0.39, 0.29) is 18.9 Å². The van der Waals surface area contributed by atoms with Gasteiger partial charge in [-0.1, -0.05) is 111 Å². The fraction of sp³-hybridized carbons (Fsp3) is 0.378. The Labute approximate surface area is 285 Å². The molecule has 1 aliphatic heterocycles. The van der Waals surface area contributed by atoms with Crippen molar-refractivity contribution in [2.45, 2.75) is 70.8 Å². The molecule has 2 N–H and O–H groups in total. The third-order valence-corrected chi connectivity index (χ3v) is 9.40. The zero-order chi connectivity index (χ0) is 34.6. The van der Waals surface area contributed by atoms with Gasteiger partial charge in [0.15, 0.2) is 0 Å². The van der Waals surface area contributed by atoms with Gasteiger partial charge in [0.25, 0.3) is 5.78 Å². The Morgan fingerprint density at radius 1 is 0.854 bits per heavy atom. The number of esters is 1. The Bertz CT molecular complexity index is 1540. The molecule has 1 aliphatic rings. The molecular weight excluding hydrogens is 630 g/mol. The van der Waals surface area contributed by atoms with Crippen LogP contribution in [0.5, 0.6) is 0 Å². The van der Waals surface area contributed by atoms with Gasteiger partial charge in [-0.05, 0) is 42.9 Å². The lowest BCUT2D eigenvalue weighted by Crippen LogP contribution is -2.58. The molecule has 4 rings (SSSR count). The number of carbonyl (C=O) groups excluding carboxylic acids is 5. The number of nitrogens with one attached hydrogen (secondary N) is 2. The summed E-state index contributed by atoms with van der Waals surface area (Å²) in [5.41, 5.74) is 2.33. The highest BCUT2D eigenvalue weighted by atomic mass is 32.2. The SMILES string of the molecule is CC[C@H](C)[C@H](NC(=O)OCc1ccccc1)C(=O)N1[C@@H](NC(=O)[C@@H](Cc2ccccc2)C(=O)C(=O)OC(C)C)CS[C@@H]1c1ccccc1. The van der Waals surface area contributed by atoms with Gasteiger partial charge >= 0.3 is 12.1 Å². The molecule has 0 unspecified atom stereocenters. The number of nitrogens with zero attached hydrogens (tertiary/aromatic N) is 1. The smallest absolute Gasteiger partial charge is 0.408 e. The molecule has 0 bridgehead atoms. The third-order valence-electron chi connectivity index (χ3n) is 8.07. The van der Waals surface area contributed by atoms with Crippen LogP contribution in [0.3, 0.4) is 0 Å². The van der Waals surface area contributed by atoms with Gasteiger partial charge < -0.3 is 25.0 Å². The fourth-order valence-electron chi connectivity index (χ4n) is 5.33. The summed E-state index contributed by atoms with van der Waals surface area (Å²) >= 11 is 1.45. The van der Waals surface area contributed by atoms with Crippen molar-refractivity contribution >= 4 is 41.4 Å². The van der Waals surface area contributed by atoms with Crippen molar-refractivity contribution in [2.24, 2.45) is 11.8 Å². The van der Waals surface area contributed by atoms with Crippen LogP contribution in [-0.4, -0.2) is 58.6 Å². The monoisotopic (exact) mass is 673 g/mol.